The summed E-state index contributed by atoms with van der Waals surface area (Å²) in [7, 11) is 0. The van der Waals surface area contributed by atoms with Crippen LogP contribution in [0, 0.1) is 0 Å². The van der Waals surface area contributed by atoms with E-state index in [0.29, 0.717) is 0 Å². The van der Waals surface area contributed by atoms with Gasteiger partial charge in [0.2, 0.25) is 0 Å². The Morgan fingerprint density at radius 2 is 1.70 bits per heavy atom. The van der Waals surface area contributed by atoms with Gasteiger partial charge in [-0.15, -0.1) is 0 Å². The van der Waals surface area contributed by atoms with E-state index in [1.807, 2.05) is 18.2 Å². The Morgan fingerprint density at radius 3 is 2.60 bits per heavy atom. The number of halogens is 1. The van der Waals surface area contributed by atoms with Crippen LogP contribution in [0.1, 0.15) is 17.2 Å². The Morgan fingerprint density at radius 1 is 0.900 bits per heavy atom. The van der Waals surface area contributed by atoms with Crippen molar-refractivity contribution in [2.75, 3.05) is 5.32 Å². The average molecular weight is 280 g/mol. The van der Waals surface area contributed by atoms with E-state index >= 15 is 0 Å². The molecule has 0 saturated carbocycles. The first kappa shape index (κ1) is 11.8. The number of hydrogen-bond acceptors (Lipinski definition) is 1. The molecule has 0 bridgehead atoms. The van der Waals surface area contributed by atoms with Crippen LogP contribution in [0.4, 0.5) is 5.69 Å². The lowest BCUT2D eigenvalue weighted by Gasteiger charge is -2.13. The summed E-state index contributed by atoms with van der Waals surface area (Å²) >= 11 is 6.33. The molecule has 1 N–H and O–H groups in total. The van der Waals surface area contributed by atoms with E-state index < -0.39 is 0 Å². The Balaban J connectivity index is 1.81. The monoisotopic (exact) mass is 279 g/mol. The van der Waals surface area contributed by atoms with Gasteiger partial charge >= 0.3 is 0 Å². The van der Waals surface area contributed by atoms with Crippen molar-refractivity contribution < 1.29 is 0 Å². The Kier molecular flexibility index (Phi) is 2.68. The van der Waals surface area contributed by atoms with Crippen molar-refractivity contribution in [2.45, 2.75) is 12.5 Å². The molecule has 20 heavy (non-hydrogen) atoms. The minimum absolute atomic E-state index is 0.268. The van der Waals surface area contributed by atoms with Gasteiger partial charge in [-0.05, 0) is 40.5 Å². The first-order valence-corrected chi connectivity index (χ1v) is 7.22. The molecule has 4 rings (SSSR count). The van der Waals surface area contributed by atoms with Crippen molar-refractivity contribution >= 4 is 28.1 Å². The quantitative estimate of drug-likeness (QED) is 0.645. The molecule has 0 fully saturated rings. The first-order chi connectivity index (χ1) is 9.83. The normalized spacial score (nSPS) is 16.9. The second-order valence-electron chi connectivity index (χ2n) is 5.24. The van der Waals surface area contributed by atoms with E-state index in [4.69, 9.17) is 11.6 Å². The highest BCUT2D eigenvalue weighted by molar-refractivity contribution is 6.31. The lowest BCUT2D eigenvalue weighted by molar-refractivity contribution is 0.827. The third kappa shape index (κ3) is 1.78. The molecule has 1 nitrogen and oxygen atoms in total. The predicted octanol–water partition coefficient (Wildman–Crippen LogP) is 5.20. The number of nitrogens with one attached hydrogen (secondary N) is 1. The maximum atomic E-state index is 6.33. The molecule has 1 atom stereocenters. The largest absolute Gasteiger partial charge is 0.378 e. The summed E-state index contributed by atoms with van der Waals surface area (Å²) in [5.74, 6) is 0. The summed E-state index contributed by atoms with van der Waals surface area (Å²) in [5.41, 5.74) is 3.80. The molecule has 1 unspecified atom stereocenters. The topological polar surface area (TPSA) is 12.0 Å². The SMILES string of the molecule is Clc1ccccc1C1Cc2c(ccc3ccccc23)N1. The van der Waals surface area contributed by atoms with Crippen LogP contribution in [-0.2, 0) is 6.42 Å². The van der Waals surface area contributed by atoms with Gasteiger partial charge in [-0.25, -0.2) is 0 Å². The molecule has 2 heteroatoms. The highest BCUT2D eigenvalue weighted by atomic mass is 35.5. The van der Waals surface area contributed by atoms with Crippen LogP contribution in [0.3, 0.4) is 0 Å². The van der Waals surface area contributed by atoms with Crippen LogP contribution >= 0.6 is 11.6 Å². The van der Waals surface area contributed by atoms with E-state index in [2.05, 4.69) is 47.8 Å². The van der Waals surface area contributed by atoms with Crippen molar-refractivity contribution in [3.63, 3.8) is 0 Å². The molecule has 3 aromatic carbocycles. The van der Waals surface area contributed by atoms with Crippen molar-refractivity contribution in [2.24, 2.45) is 0 Å². The van der Waals surface area contributed by atoms with Gasteiger partial charge in [0.1, 0.15) is 0 Å². The summed E-state index contributed by atoms with van der Waals surface area (Å²) in [6, 6.07) is 21.3. The molecule has 1 aliphatic rings. The maximum absolute atomic E-state index is 6.33. The third-order valence-electron chi connectivity index (χ3n) is 4.06. The Bertz CT molecular complexity index is 794. The van der Waals surface area contributed by atoms with Gasteiger partial charge in [-0.1, -0.05) is 60.1 Å². The van der Waals surface area contributed by atoms with Crippen LogP contribution in [-0.4, -0.2) is 0 Å². The van der Waals surface area contributed by atoms with Gasteiger partial charge in [-0.2, -0.15) is 0 Å². The van der Waals surface area contributed by atoms with Crippen LogP contribution in [0.25, 0.3) is 10.8 Å². The number of anilines is 1. The minimum Gasteiger partial charge on any atom is -0.378 e. The van der Waals surface area contributed by atoms with Crippen molar-refractivity contribution in [3.05, 3.63) is 76.8 Å². The number of fused-ring (bicyclic) bond motifs is 3. The fourth-order valence-corrected chi connectivity index (χ4v) is 3.35. The van der Waals surface area contributed by atoms with Crippen molar-refractivity contribution in [3.8, 4) is 0 Å². The molecule has 1 aliphatic heterocycles. The Labute approximate surface area is 123 Å². The van der Waals surface area contributed by atoms with Gasteiger partial charge in [0.15, 0.2) is 0 Å². The number of rotatable bonds is 1. The summed E-state index contributed by atoms with van der Waals surface area (Å²) in [6.45, 7) is 0. The maximum Gasteiger partial charge on any atom is 0.0569 e. The van der Waals surface area contributed by atoms with E-state index in [0.717, 1.165) is 11.4 Å². The molecule has 0 spiro atoms. The zero-order valence-corrected chi connectivity index (χ0v) is 11.7. The minimum atomic E-state index is 0.268. The zero-order valence-electron chi connectivity index (χ0n) is 10.9. The van der Waals surface area contributed by atoms with Crippen LogP contribution in [0.15, 0.2) is 60.7 Å². The van der Waals surface area contributed by atoms with Crippen molar-refractivity contribution in [1.82, 2.24) is 0 Å². The summed E-state index contributed by atoms with van der Waals surface area (Å²) < 4.78 is 0. The van der Waals surface area contributed by atoms with Gasteiger partial charge in [0, 0.05) is 10.7 Å². The fraction of sp³-hybridized carbons (Fsp3) is 0.111. The third-order valence-corrected chi connectivity index (χ3v) is 4.40. The molecule has 3 aromatic rings. The van der Waals surface area contributed by atoms with Gasteiger partial charge < -0.3 is 5.32 Å². The second-order valence-corrected chi connectivity index (χ2v) is 5.64. The predicted molar refractivity (Wildman–Crippen MR) is 85.5 cm³/mol. The number of benzene rings is 3. The fourth-order valence-electron chi connectivity index (χ4n) is 3.08. The molecule has 0 aliphatic carbocycles. The zero-order chi connectivity index (χ0) is 13.5. The van der Waals surface area contributed by atoms with Gasteiger partial charge in [0.05, 0.1) is 6.04 Å². The highest BCUT2D eigenvalue weighted by Crippen LogP contribution is 2.40. The summed E-state index contributed by atoms with van der Waals surface area (Å²) in [5, 5.41) is 7.07. The summed E-state index contributed by atoms with van der Waals surface area (Å²) in [6.07, 6.45) is 0.987. The van der Waals surface area contributed by atoms with E-state index in [9.17, 15) is 0 Å². The van der Waals surface area contributed by atoms with Gasteiger partial charge in [0.25, 0.3) is 0 Å². The van der Waals surface area contributed by atoms with E-state index in [1.54, 1.807) is 0 Å². The lowest BCUT2D eigenvalue weighted by atomic mass is 9.98. The highest BCUT2D eigenvalue weighted by Gasteiger charge is 2.24. The van der Waals surface area contributed by atoms with Crippen LogP contribution in [0.2, 0.25) is 5.02 Å². The van der Waals surface area contributed by atoms with Crippen LogP contribution < -0.4 is 5.32 Å². The van der Waals surface area contributed by atoms with Crippen LogP contribution in [0.5, 0.6) is 0 Å². The van der Waals surface area contributed by atoms with E-state index in [1.165, 1.54) is 27.6 Å². The number of hydrogen-bond donors (Lipinski definition) is 1. The molecular formula is C18H14ClN. The summed E-state index contributed by atoms with van der Waals surface area (Å²) in [4.78, 5) is 0. The van der Waals surface area contributed by atoms with Crippen molar-refractivity contribution in [1.29, 1.82) is 0 Å². The van der Waals surface area contributed by atoms with E-state index in [-0.39, 0.29) is 6.04 Å². The Hall–Kier alpha value is -1.99. The standard InChI is InChI=1S/C18H14ClN/c19-16-8-4-3-7-14(16)18-11-15-13-6-2-1-5-12(13)9-10-17(15)20-18/h1-10,18,20H,11H2. The van der Waals surface area contributed by atoms with Gasteiger partial charge in [-0.3, -0.25) is 0 Å². The second kappa shape index (κ2) is 4.53. The molecule has 0 radical (unpaired) electrons. The molecule has 1 heterocycles. The first-order valence-electron chi connectivity index (χ1n) is 6.84. The molecule has 98 valence electrons. The molecule has 0 aromatic heterocycles. The molecular weight excluding hydrogens is 266 g/mol. The average Bonchev–Trinajstić information content (AvgIpc) is 2.92. The molecule has 0 saturated heterocycles. The molecule has 0 amide bonds. The smallest absolute Gasteiger partial charge is 0.0569 e. The lowest BCUT2D eigenvalue weighted by Crippen LogP contribution is -2.05.